The highest BCUT2D eigenvalue weighted by Gasteiger charge is 2.20. The van der Waals surface area contributed by atoms with Gasteiger partial charge in [0.15, 0.2) is 0 Å². The Balaban J connectivity index is 1.45. The minimum Gasteiger partial charge on any atom is -0.492 e. The van der Waals surface area contributed by atoms with E-state index in [1.165, 1.54) is 24.3 Å². The topological polar surface area (TPSA) is 56.6 Å². The SMILES string of the molecule is N#Cc1ccc(OCCN2CCCN(C(=O)c3ccc(F)cc3)CC2)cc1. The summed E-state index contributed by atoms with van der Waals surface area (Å²) in [6, 6.07) is 14.8. The quantitative estimate of drug-likeness (QED) is 0.815. The first-order chi connectivity index (χ1) is 13.2. The van der Waals surface area contributed by atoms with Gasteiger partial charge in [-0.2, -0.15) is 5.26 Å². The molecule has 0 aromatic heterocycles. The third-order valence-electron chi connectivity index (χ3n) is 4.63. The third kappa shape index (κ3) is 5.28. The fourth-order valence-electron chi connectivity index (χ4n) is 3.09. The first-order valence-corrected chi connectivity index (χ1v) is 9.06. The van der Waals surface area contributed by atoms with Gasteiger partial charge in [-0.1, -0.05) is 0 Å². The summed E-state index contributed by atoms with van der Waals surface area (Å²) in [5.74, 6) is 0.360. The molecule has 0 saturated carbocycles. The zero-order valence-corrected chi connectivity index (χ0v) is 15.1. The van der Waals surface area contributed by atoms with Crippen molar-refractivity contribution >= 4 is 5.91 Å². The minimum atomic E-state index is -0.337. The van der Waals surface area contributed by atoms with Crippen LogP contribution in [-0.4, -0.2) is 55.0 Å². The van der Waals surface area contributed by atoms with E-state index < -0.39 is 0 Å². The van der Waals surface area contributed by atoms with Crippen LogP contribution >= 0.6 is 0 Å². The van der Waals surface area contributed by atoms with Crippen molar-refractivity contribution in [3.8, 4) is 11.8 Å². The first-order valence-electron chi connectivity index (χ1n) is 9.06. The van der Waals surface area contributed by atoms with Crippen LogP contribution in [0.5, 0.6) is 5.75 Å². The summed E-state index contributed by atoms with van der Waals surface area (Å²) in [5, 5.41) is 8.80. The molecule has 1 saturated heterocycles. The lowest BCUT2D eigenvalue weighted by Gasteiger charge is -2.22. The number of amides is 1. The molecule has 27 heavy (non-hydrogen) atoms. The van der Waals surface area contributed by atoms with Gasteiger partial charge >= 0.3 is 0 Å². The Kier molecular flexibility index (Phi) is 6.39. The highest BCUT2D eigenvalue weighted by molar-refractivity contribution is 5.94. The zero-order valence-electron chi connectivity index (χ0n) is 15.1. The van der Waals surface area contributed by atoms with Crippen molar-refractivity contribution in [2.45, 2.75) is 6.42 Å². The van der Waals surface area contributed by atoms with Gasteiger partial charge in [0.2, 0.25) is 0 Å². The molecular formula is C21H22FN3O2. The van der Waals surface area contributed by atoms with E-state index in [0.717, 1.165) is 31.8 Å². The molecular weight excluding hydrogens is 345 g/mol. The molecule has 0 radical (unpaired) electrons. The molecule has 6 heteroatoms. The van der Waals surface area contributed by atoms with E-state index in [9.17, 15) is 9.18 Å². The van der Waals surface area contributed by atoms with Crippen molar-refractivity contribution in [1.82, 2.24) is 9.80 Å². The maximum atomic E-state index is 13.0. The Labute approximate surface area is 158 Å². The van der Waals surface area contributed by atoms with Gasteiger partial charge in [0, 0.05) is 38.3 Å². The number of carbonyl (C=O) groups excluding carboxylic acids is 1. The molecule has 0 bridgehead atoms. The fraction of sp³-hybridized carbons (Fsp3) is 0.333. The Morgan fingerprint density at radius 2 is 1.78 bits per heavy atom. The van der Waals surface area contributed by atoms with E-state index in [-0.39, 0.29) is 11.7 Å². The molecule has 1 heterocycles. The van der Waals surface area contributed by atoms with E-state index in [1.54, 1.807) is 24.3 Å². The van der Waals surface area contributed by atoms with Crippen molar-refractivity contribution in [3.05, 3.63) is 65.5 Å². The molecule has 1 aliphatic rings. The number of nitrogens with zero attached hydrogens (tertiary/aromatic N) is 3. The second-order valence-corrected chi connectivity index (χ2v) is 6.48. The molecule has 2 aromatic rings. The number of hydrogen-bond acceptors (Lipinski definition) is 4. The molecule has 0 atom stereocenters. The highest BCUT2D eigenvalue weighted by Crippen LogP contribution is 2.13. The molecule has 0 spiro atoms. The fourth-order valence-corrected chi connectivity index (χ4v) is 3.09. The molecule has 0 N–H and O–H groups in total. The van der Waals surface area contributed by atoms with Crippen LogP contribution in [0.4, 0.5) is 4.39 Å². The van der Waals surface area contributed by atoms with E-state index in [4.69, 9.17) is 10.00 Å². The standard InChI is InChI=1S/C21H22FN3O2/c22-19-6-4-18(5-7-19)21(26)25-11-1-10-24(12-13-25)14-15-27-20-8-2-17(16-23)3-9-20/h2-9H,1,10-15H2. The Morgan fingerprint density at radius 3 is 2.48 bits per heavy atom. The summed E-state index contributed by atoms with van der Waals surface area (Å²) >= 11 is 0. The maximum absolute atomic E-state index is 13.0. The van der Waals surface area contributed by atoms with Gasteiger partial charge in [-0.25, -0.2) is 4.39 Å². The molecule has 1 amide bonds. The number of nitriles is 1. The molecule has 2 aromatic carbocycles. The third-order valence-corrected chi connectivity index (χ3v) is 4.63. The molecule has 3 rings (SSSR count). The largest absolute Gasteiger partial charge is 0.492 e. The van der Waals surface area contributed by atoms with Crippen LogP contribution in [0.25, 0.3) is 0 Å². The van der Waals surface area contributed by atoms with Crippen molar-refractivity contribution in [2.24, 2.45) is 0 Å². The van der Waals surface area contributed by atoms with Crippen LogP contribution < -0.4 is 4.74 Å². The Hall–Kier alpha value is -2.91. The Morgan fingerprint density at radius 1 is 1.04 bits per heavy atom. The predicted molar refractivity (Wildman–Crippen MR) is 100 cm³/mol. The monoisotopic (exact) mass is 367 g/mol. The summed E-state index contributed by atoms with van der Waals surface area (Å²) in [6.07, 6.45) is 0.893. The van der Waals surface area contributed by atoms with E-state index in [0.29, 0.717) is 30.8 Å². The molecule has 0 aliphatic carbocycles. The van der Waals surface area contributed by atoms with Crippen molar-refractivity contribution < 1.29 is 13.9 Å². The minimum absolute atomic E-state index is 0.0503. The van der Waals surface area contributed by atoms with Gasteiger partial charge < -0.3 is 9.64 Å². The normalized spacial score (nSPS) is 15.0. The average Bonchev–Trinajstić information content (AvgIpc) is 2.94. The molecule has 140 valence electrons. The van der Waals surface area contributed by atoms with Crippen LogP contribution in [-0.2, 0) is 0 Å². The number of carbonyl (C=O) groups is 1. The van der Waals surface area contributed by atoms with Crippen molar-refractivity contribution in [3.63, 3.8) is 0 Å². The van der Waals surface area contributed by atoms with Gasteiger partial charge in [-0.3, -0.25) is 9.69 Å². The second-order valence-electron chi connectivity index (χ2n) is 6.48. The smallest absolute Gasteiger partial charge is 0.253 e. The van der Waals surface area contributed by atoms with Gasteiger partial charge in [-0.15, -0.1) is 0 Å². The number of halogens is 1. The van der Waals surface area contributed by atoms with Gasteiger partial charge in [0.05, 0.1) is 11.6 Å². The van der Waals surface area contributed by atoms with E-state index in [2.05, 4.69) is 11.0 Å². The van der Waals surface area contributed by atoms with E-state index >= 15 is 0 Å². The highest BCUT2D eigenvalue weighted by atomic mass is 19.1. The Bertz CT molecular complexity index is 800. The average molecular weight is 367 g/mol. The van der Waals surface area contributed by atoms with Crippen LogP contribution in [0.3, 0.4) is 0 Å². The summed E-state index contributed by atoms with van der Waals surface area (Å²) in [6.45, 7) is 4.36. The van der Waals surface area contributed by atoms with Crippen LogP contribution in [0.15, 0.2) is 48.5 Å². The number of ether oxygens (including phenoxy) is 1. The molecule has 5 nitrogen and oxygen atoms in total. The van der Waals surface area contributed by atoms with Crippen LogP contribution in [0.2, 0.25) is 0 Å². The molecule has 1 fully saturated rings. The molecule has 1 aliphatic heterocycles. The van der Waals surface area contributed by atoms with E-state index in [1.807, 2.05) is 4.90 Å². The van der Waals surface area contributed by atoms with Gasteiger partial charge in [0.25, 0.3) is 5.91 Å². The lowest BCUT2D eigenvalue weighted by atomic mass is 10.2. The second kappa shape index (κ2) is 9.15. The predicted octanol–water partition coefficient (Wildman–Crippen LogP) is 2.92. The molecule has 0 unspecified atom stereocenters. The van der Waals surface area contributed by atoms with Crippen molar-refractivity contribution in [2.75, 3.05) is 39.3 Å². The summed E-state index contributed by atoms with van der Waals surface area (Å²) in [7, 11) is 0. The van der Waals surface area contributed by atoms with Gasteiger partial charge in [0.1, 0.15) is 18.2 Å². The summed E-state index contributed by atoms with van der Waals surface area (Å²) < 4.78 is 18.8. The summed E-state index contributed by atoms with van der Waals surface area (Å²) in [4.78, 5) is 16.7. The number of hydrogen-bond donors (Lipinski definition) is 0. The first kappa shape index (κ1) is 18.9. The number of rotatable bonds is 5. The van der Waals surface area contributed by atoms with Crippen LogP contribution in [0.1, 0.15) is 22.3 Å². The number of benzene rings is 2. The summed E-state index contributed by atoms with van der Waals surface area (Å²) in [5.41, 5.74) is 1.13. The lowest BCUT2D eigenvalue weighted by molar-refractivity contribution is 0.0760. The maximum Gasteiger partial charge on any atom is 0.253 e. The van der Waals surface area contributed by atoms with Crippen molar-refractivity contribution in [1.29, 1.82) is 5.26 Å². The zero-order chi connectivity index (χ0) is 19.1. The lowest BCUT2D eigenvalue weighted by Crippen LogP contribution is -2.36. The van der Waals surface area contributed by atoms with Crippen LogP contribution in [0, 0.1) is 17.1 Å². The van der Waals surface area contributed by atoms with Gasteiger partial charge in [-0.05, 0) is 55.0 Å².